The third-order valence-corrected chi connectivity index (χ3v) is 3.28. The second kappa shape index (κ2) is 9.31. The molecule has 0 bridgehead atoms. The fraction of sp³-hybridized carbons (Fsp3) is 0.600. The summed E-state index contributed by atoms with van der Waals surface area (Å²) in [4.78, 5) is 12.8. The van der Waals surface area contributed by atoms with Crippen molar-refractivity contribution in [2.24, 2.45) is 0 Å². The number of unbranched alkanes of at least 4 members (excludes halogenated alkanes) is 2. The summed E-state index contributed by atoms with van der Waals surface area (Å²) < 4.78 is 0. The summed E-state index contributed by atoms with van der Waals surface area (Å²) in [5.74, 6) is 0. The Hall–Kier alpha value is -1.66. The van der Waals surface area contributed by atoms with Crippen molar-refractivity contribution < 1.29 is 10.0 Å². The zero-order valence-corrected chi connectivity index (χ0v) is 12.8. The topological polar surface area (TPSA) is 78.6 Å². The van der Waals surface area contributed by atoms with Crippen molar-refractivity contribution in [2.45, 2.75) is 32.7 Å². The zero-order valence-electron chi connectivity index (χ0n) is 12.8. The van der Waals surface area contributed by atoms with Gasteiger partial charge >= 0.3 is 0 Å². The molecular formula is C15H25N3O3. The van der Waals surface area contributed by atoms with Crippen molar-refractivity contribution in [1.82, 2.24) is 4.90 Å². The van der Waals surface area contributed by atoms with Crippen molar-refractivity contribution in [3.05, 3.63) is 33.9 Å². The van der Waals surface area contributed by atoms with E-state index in [1.165, 1.54) is 0 Å². The van der Waals surface area contributed by atoms with Crippen LogP contribution in [0.1, 0.15) is 31.7 Å². The highest BCUT2D eigenvalue weighted by molar-refractivity contribution is 5.62. The van der Waals surface area contributed by atoms with Gasteiger partial charge in [-0.3, -0.25) is 10.1 Å². The van der Waals surface area contributed by atoms with Gasteiger partial charge in [-0.25, -0.2) is 0 Å². The average molecular weight is 295 g/mol. The highest BCUT2D eigenvalue weighted by Gasteiger charge is 2.13. The van der Waals surface area contributed by atoms with Crippen molar-refractivity contribution >= 4 is 11.4 Å². The van der Waals surface area contributed by atoms with Crippen LogP contribution >= 0.6 is 0 Å². The minimum absolute atomic E-state index is 0.117. The van der Waals surface area contributed by atoms with Crippen molar-refractivity contribution in [2.75, 3.05) is 32.1 Å². The molecule has 0 aliphatic rings. The molecule has 0 aliphatic heterocycles. The smallest absolute Gasteiger partial charge is 0.292 e. The average Bonchev–Trinajstić information content (AvgIpc) is 2.44. The number of nitrogens with zero attached hydrogens (tertiary/aromatic N) is 2. The molecule has 21 heavy (non-hydrogen) atoms. The Morgan fingerprint density at radius 2 is 2.10 bits per heavy atom. The van der Waals surface area contributed by atoms with Crippen LogP contribution in [0.3, 0.4) is 0 Å². The number of anilines is 1. The number of nitro benzene ring substituents is 1. The first-order valence-corrected chi connectivity index (χ1v) is 7.39. The van der Waals surface area contributed by atoms with Crippen LogP contribution in [0.25, 0.3) is 0 Å². The van der Waals surface area contributed by atoms with Crippen LogP contribution in [0.4, 0.5) is 11.4 Å². The summed E-state index contributed by atoms with van der Waals surface area (Å²) in [6, 6.07) is 5.22. The van der Waals surface area contributed by atoms with E-state index >= 15 is 0 Å². The first kappa shape index (κ1) is 17.4. The number of rotatable bonds is 10. The fourth-order valence-electron chi connectivity index (χ4n) is 2.23. The molecule has 0 radical (unpaired) electrons. The van der Waals surface area contributed by atoms with Gasteiger partial charge in [0.05, 0.1) is 4.92 Å². The van der Waals surface area contributed by atoms with E-state index in [-0.39, 0.29) is 17.2 Å². The molecule has 1 aromatic rings. The molecule has 1 rings (SSSR count). The molecule has 0 aromatic heterocycles. The molecule has 0 fully saturated rings. The SMILES string of the molecule is CCNc1cc(CN(C)CCCCCO)ccc1[N+](=O)[O-]. The van der Waals surface area contributed by atoms with Gasteiger partial charge in [-0.2, -0.15) is 0 Å². The van der Waals surface area contributed by atoms with Gasteiger partial charge in [0.25, 0.3) is 5.69 Å². The Bertz CT molecular complexity index is 452. The second-order valence-corrected chi connectivity index (χ2v) is 5.16. The van der Waals surface area contributed by atoms with Gasteiger partial charge in [0.2, 0.25) is 0 Å². The first-order valence-electron chi connectivity index (χ1n) is 7.39. The van der Waals surface area contributed by atoms with Crippen molar-refractivity contribution in [1.29, 1.82) is 0 Å². The second-order valence-electron chi connectivity index (χ2n) is 5.16. The van der Waals surface area contributed by atoms with Crippen LogP contribution < -0.4 is 5.32 Å². The molecule has 0 amide bonds. The quantitative estimate of drug-likeness (QED) is 0.394. The van der Waals surface area contributed by atoms with Gasteiger partial charge in [0, 0.05) is 25.8 Å². The van der Waals surface area contributed by atoms with Crippen molar-refractivity contribution in [3.63, 3.8) is 0 Å². The Kier molecular flexibility index (Phi) is 7.71. The van der Waals surface area contributed by atoms with Gasteiger partial charge in [-0.05, 0) is 51.4 Å². The number of hydrogen-bond acceptors (Lipinski definition) is 5. The Labute approximate surface area is 125 Å². The minimum Gasteiger partial charge on any atom is -0.396 e. The normalized spacial score (nSPS) is 10.9. The van der Waals surface area contributed by atoms with Crippen LogP contribution in [0.5, 0.6) is 0 Å². The monoisotopic (exact) mass is 295 g/mol. The summed E-state index contributed by atoms with van der Waals surface area (Å²) in [6.45, 7) is 4.53. The van der Waals surface area contributed by atoms with E-state index in [0.29, 0.717) is 12.2 Å². The summed E-state index contributed by atoms with van der Waals surface area (Å²) >= 11 is 0. The number of hydrogen-bond donors (Lipinski definition) is 2. The lowest BCUT2D eigenvalue weighted by Gasteiger charge is -2.17. The van der Waals surface area contributed by atoms with E-state index in [1.807, 2.05) is 26.1 Å². The molecule has 1 aromatic carbocycles. The van der Waals surface area contributed by atoms with Crippen LogP contribution in [-0.4, -0.2) is 41.7 Å². The number of nitro groups is 1. The van der Waals surface area contributed by atoms with Crippen LogP contribution in [0.15, 0.2) is 18.2 Å². The van der Waals surface area contributed by atoms with Crippen LogP contribution in [0.2, 0.25) is 0 Å². The summed E-state index contributed by atoms with van der Waals surface area (Å²) in [5.41, 5.74) is 1.75. The lowest BCUT2D eigenvalue weighted by atomic mass is 10.1. The highest BCUT2D eigenvalue weighted by atomic mass is 16.6. The van der Waals surface area contributed by atoms with Gasteiger partial charge in [-0.15, -0.1) is 0 Å². The van der Waals surface area contributed by atoms with E-state index in [2.05, 4.69) is 10.2 Å². The molecule has 0 heterocycles. The van der Waals surface area contributed by atoms with E-state index in [4.69, 9.17) is 5.11 Å². The predicted molar refractivity (Wildman–Crippen MR) is 84.5 cm³/mol. The molecule has 0 spiro atoms. The number of benzene rings is 1. The molecule has 118 valence electrons. The zero-order chi connectivity index (χ0) is 15.7. The predicted octanol–water partition coefficient (Wildman–Crippen LogP) is 2.62. The van der Waals surface area contributed by atoms with Gasteiger partial charge in [0.15, 0.2) is 0 Å². The van der Waals surface area contributed by atoms with E-state index in [1.54, 1.807) is 6.07 Å². The lowest BCUT2D eigenvalue weighted by Crippen LogP contribution is -2.19. The molecule has 0 saturated carbocycles. The lowest BCUT2D eigenvalue weighted by molar-refractivity contribution is -0.384. The maximum Gasteiger partial charge on any atom is 0.292 e. The summed E-state index contributed by atoms with van der Waals surface area (Å²) in [7, 11) is 2.04. The van der Waals surface area contributed by atoms with Gasteiger partial charge in [-0.1, -0.05) is 6.07 Å². The van der Waals surface area contributed by atoms with Crippen molar-refractivity contribution in [3.8, 4) is 0 Å². The third kappa shape index (κ3) is 6.10. The summed E-state index contributed by atoms with van der Waals surface area (Å²) in [6.07, 6.45) is 2.91. The molecule has 0 aliphatic carbocycles. The van der Waals surface area contributed by atoms with E-state index in [0.717, 1.165) is 37.9 Å². The molecule has 6 nitrogen and oxygen atoms in total. The summed E-state index contributed by atoms with van der Waals surface area (Å²) in [5, 5.41) is 22.8. The van der Waals surface area contributed by atoms with Gasteiger partial charge < -0.3 is 15.3 Å². The molecule has 6 heteroatoms. The molecule has 0 saturated heterocycles. The molecule has 2 N–H and O–H groups in total. The van der Waals surface area contributed by atoms with Crippen LogP contribution in [0, 0.1) is 10.1 Å². The fourth-order valence-corrected chi connectivity index (χ4v) is 2.23. The maximum atomic E-state index is 11.0. The maximum absolute atomic E-state index is 11.0. The first-order chi connectivity index (χ1) is 10.1. The highest BCUT2D eigenvalue weighted by Crippen LogP contribution is 2.25. The third-order valence-electron chi connectivity index (χ3n) is 3.28. The number of aliphatic hydroxyl groups excluding tert-OH is 1. The molecule has 0 unspecified atom stereocenters. The van der Waals surface area contributed by atoms with Crippen LogP contribution in [-0.2, 0) is 6.54 Å². The molecular weight excluding hydrogens is 270 g/mol. The Morgan fingerprint density at radius 3 is 2.71 bits per heavy atom. The van der Waals surface area contributed by atoms with Gasteiger partial charge in [0.1, 0.15) is 5.69 Å². The molecule has 0 atom stereocenters. The number of aliphatic hydroxyl groups is 1. The largest absolute Gasteiger partial charge is 0.396 e. The number of nitrogens with one attached hydrogen (secondary N) is 1. The standard InChI is InChI=1S/C15H25N3O3/c1-3-16-14-11-13(7-8-15(14)18(20)21)12-17(2)9-5-4-6-10-19/h7-8,11,16,19H,3-6,9-10,12H2,1-2H3. The Balaban J connectivity index is 2.62. The van der Waals surface area contributed by atoms with E-state index < -0.39 is 0 Å². The minimum atomic E-state index is -0.361. The Morgan fingerprint density at radius 1 is 1.33 bits per heavy atom. The van der Waals surface area contributed by atoms with E-state index in [9.17, 15) is 10.1 Å².